The Morgan fingerprint density at radius 3 is 2.59 bits per heavy atom. The van der Waals surface area contributed by atoms with E-state index in [2.05, 4.69) is 23.2 Å². The molecule has 0 bridgehead atoms. The Bertz CT molecular complexity index is 1350. The maximum absolute atomic E-state index is 11.8. The van der Waals surface area contributed by atoms with Crippen LogP contribution >= 0.6 is 0 Å². The molecule has 3 aromatic rings. The van der Waals surface area contributed by atoms with E-state index in [0.717, 1.165) is 65.2 Å². The lowest BCUT2D eigenvalue weighted by Gasteiger charge is -2.29. The van der Waals surface area contributed by atoms with E-state index in [1.165, 1.54) is 18.4 Å². The lowest BCUT2D eigenvalue weighted by molar-refractivity contribution is -0.142. The van der Waals surface area contributed by atoms with Crippen molar-refractivity contribution in [2.45, 2.75) is 70.3 Å². The largest absolute Gasteiger partial charge is 0.484 e. The summed E-state index contributed by atoms with van der Waals surface area (Å²) in [4.78, 5) is 26.0. The number of hydrogen-bond donors (Lipinski definition) is 1. The fraction of sp³-hybridized carbons (Fsp3) is 0.467. The summed E-state index contributed by atoms with van der Waals surface area (Å²) >= 11 is 0. The van der Waals surface area contributed by atoms with Crippen molar-refractivity contribution in [2.75, 3.05) is 7.11 Å². The first-order valence-corrected chi connectivity index (χ1v) is 13.3. The summed E-state index contributed by atoms with van der Waals surface area (Å²) in [6.07, 6.45) is 9.83. The quantitative estimate of drug-likeness (QED) is 0.405. The monoisotopic (exact) mass is 499 g/mol. The Morgan fingerprint density at radius 2 is 1.92 bits per heavy atom. The van der Waals surface area contributed by atoms with Crippen LogP contribution in [0.25, 0.3) is 11.3 Å². The predicted octanol–water partition coefficient (Wildman–Crippen LogP) is 6.01. The standard InChI is InChI=1S/C30H33N3O4/c1-16(30(34)35)28(20-7-8-20)21-9-6-19-10-11-25(37-26(19)12-21)29-17(2)33-24(15-32-29)22-13-27(36-3)31-14-23(22)18-4-5-18/h6,9,12-16,18,20,25,28H,4-5,7-8,10-11H2,1-3H3,(H,34,35)/t16-,25?,28?/m0/s1. The number of aromatic nitrogens is 3. The van der Waals surface area contributed by atoms with Crippen LogP contribution in [0, 0.1) is 18.8 Å². The lowest BCUT2D eigenvalue weighted by Crippen LogP contribution is -2.22. The summed E-state index contributed by atoms with van der Waals surface area (Å²) in [5, 5.41) is 9.68. The minimum atomic E-state index is -0.740. The summed E-state index contributed by atoms with van der Waals surface area (Å²) in [5.74, 6) is 1.26. The number of aryl methyl sites for hydroxylation is 2. The van der Waals surface area contributed by atoms with E-state index in [1.54, 1.807) is 7.11 Å². The fourth-order valence-electron chi connectivity index (χ4n) is 5.80. The molecule has 192 valence electrons. The first-order chi connectivity index (χ1) is 17.9. The normalized spacial score (nSPS) is 20.5. The molecule has 0 amide bonds. The number of nitrogens with zero attached hydrogens (tertiary/aromatic N) is 3. The van der Waals surface area contributed by atoms with Gasteiger partial charge in [-0.3, -0.25) is 9.78 Å². The predicted molar refractivity (Wildman–Crippen MR) is 139 cm³/mol. The lowest BCUT2D eigenvalue weighted by atomic mass is 9.82. The highest BCUT2D eigenvalue weighted by Gasteiger charge is 2.39. The number of carboxylic acids is 1. The van der Waals surface area contributed by atoms with Gasteiger partial charge >= 0.3 is 5.97 Å². The number of aliphatic carboxylic acids is 1. The van der Waals surface area contributed by atoms with Crippen LogP contribution < -0.4 is 9.47 Å². The van der Waals surface area contributed by atoms with Crippen LogP contribution in [0.15, 0.2) is 36.7 Å². The number of hydrogen-bond acceptors (Lipinski definition) is 6. The first-order valence-electron chi connectivity index (χ1n) is 13.3. The molecule has 1 N–H and O–H groups in total. The maximum Gasteiger partial charge on any atom is 0.306 e. The summed E-state index contributed by atoms with van der Waals surface area (Å²) in [7, 11) is 1.63. The third-order valence-corrected chi connectivity index (χ3v) is 8.18. The molecular weight excluding hydrogens is 466 g/mol. The summed E-state index contributed by atoms with van der Waals surface area (Å²) < 4.78 is 11.9. The van der Waals surface area contributed by atoms with Gasteiger partial charge in [0.2, 0.25) is 5.88 Å². The Balaban J connectivity index is 1.27. The van der Waals surface area contributed by atoms with Crippen molar-refractivity contribution in [1.82, 2.24) is 15.0 Å². The van der Waals surface area contributed by atoms with Crippen LogP contribution in [-0.2, 0) is 11.2 Å². The van der Waals surface area contributed by atoms with Gasteiger partial charge < -0.3 is 14.6 Å². The van der Waals surface area contributed by atoms with E-state index in [9.17, 15) is 9.90 Å². The average molecular weight is 500 g/mol. The zero-order valence-corrected chi connectivity index (χ0v) is 21.6. The van der Waals surface area contributed by atoms with Gasteiger partial charge in [0.1, 0.15) is 17.5 Å². The van der Waals surface area contributed by atoms with Gasteiger partial charge in [-0.2, -0.15) is 0 Å². The second kappa shape index (κ2) is 9.43. The molecule has 1 aromatic carbocycles. The SMILES string of the molecule is COc1cc(-c2cnc(C3CCc4ccc(C(C5CC5)[C@H](C)C(=O)O)cc4O3)c(C)n2)c(C2CC2)cn1. The van der Waals surface area contributed by atoms with Crippen LogP contribution in [0.5, 0.6) is 11.6 Å². The molecule has 1 aliphatic heterocycles. The van der Waals surface area contributed by atoms with Crippen molar-refractivity contribution in [3.8, 4) is 22.9 Å². The molecule has 2 unspecified atom stereocenters. The van der Waals surface area contributed by atoms with Crippen molar-refractivity contribution < 1.29 is 19.4 Å². The van der Waals surface area contributed by atoms with Crippen LogP contribution in [0.4, 0.5) is 0 Å². The number of rotatable bonds is 8. The smallest absolute Gasteiger partial charge is 0.306 e. The zero-order valence-electron chi connectivity index (χ0n) is 21.6. The van der Waals surface area contributed by atoms with E-state index in [-0.39, 0.29) is 12.0 Å². The average Bonchev–Trinajstić information content (AvgIpc) is 3.82. The maximum atomic E-state index is 11.8. The minimum Gasteiger partial charge on any atom is -0.484 e. The number of methoxy groups -OCH3 is 1. The molecule has 2 saturated carbocycles. The van der Waals surface area contributed by atoms with Crippen LogP contribution in [0.3, 0.4) is 0 Å². The van der Waals surface area contributed by atoms with E-state index < -0.39 is 11.9 Å². The van der Waals surface area contributed by atoms with Crippen molar-refractivity contribution in [3.05, 3.63) is 64.7 Å². The molecule has 37 heavy (non-hydrogen) atoms. The molecule has 7 heteroatoms. The topological polar surface area (TPSA) is 94.4 Å². The van der Waals surface area contributed by atoms with Crippen molar-refractivity contribution in [1.29, 1.82) is 0 Å². The van der Waals surface area contributed by atoms with E-state index in [4.69, 9.17) is 19.4 Å². The number of fused-ring (bicyclic) bond motifs is 1. The Kier molecular flexibility index (Phi) is 6.09. The Morgan fingerprint density at radius 1 is 1.11 bits per heavy atom. The highest BCUT2D eigenvalue weighted by Crippen LogP contribution is 2.48. The van der Waals surface area contributed by atoms with Gasteiger partial charge in [-0.15, -0.1) is 0 Å². The summed E-state index contributed by atoms with van der Waals surface area (Å²) in [6.45, 7) is 3.82. The molecule has 2 aliphatic carbocycles. The summed E-state index contributed by atoms with van der Waals surface area (Å²) in [6, 6.07) is 8.25. The van der Waals surface area contributed by atoms with Crippen molar-refractivity contribution >= 4 is 5.97 Å². The van der Waals surface area contributed by atoms with Gasteiger partial charge in [-0.1, -0.05) is 19.1 Å². The number of carbonyl (C=O) groups is 1. The molecule has 3 atom stereocenters. The number of ether oxygens (including phenoxy) is 2. The van der Waals surface area contributed by atoms with E-state index in [0.29, 0.717) is 17.7 Å². The zero-order chi connectivity index (χ0) is 25.7. The Labute approximate surface area is 217 Å². The van der Waals surface area contributed by atoms with Gasteiger partial charge in [0.05, 0.1) is 30.6 Å². The molecule has 3 heterocycles. The number of carboxylic acid groups (broad SMARTS) is 1. The van der Waals surface area contributed by atoms with Gasteiger partial charge in [0, 0.05) is 17.8 Å². The van der Waals surface area contributed by atoms with Crippen molar-refractivity contribution in [3.63, 3.8) is 0 Å². The minimum absolute atomic E-state index is 0.0191. The van der Waals surface area contributed by atoms with Crippen LogP contribution in [0.1, 0.15) is 85.0 Å². The van der Waals surface area contributed by atoms with Gasteiger partial charge in [0.15, 0.2) is 0 Å². The second-order valence-corrected chi connectivity index (χ2v) is 10.8. The fourth-order valence-corrected chi connectivity index (χ4v) is 5.80. The van der Waals surface area contributed by atoms with E-state index in [1.807, 2.05) is 32.3 Å². The molecule has 3 aliphatic rings. The Hall–Kier alpha value is -3.48. The molecule has 0 saturated heterocycles. The van der Waals surface area contributed by atoms with Gasteiger partial charge in [0.25, 0.3) is 0 Å². The van der Waals surface area contributed by atoms with Crippen LogP contribution in [0.2, 0.25) is 0 Å². The van der Waals surface area contributed by atoms with Crippen molar-refractivity contribution in [2.24, 2.45) is 11.8 Å². The third-order valence-electron chi connectivity index (χ3n) is 8.18. The van der Waals surface area contributed by atoms with Crippen LogP contribution in [-0.4, -0.2) is 33.1 Å². The second-order valence-electron chi connectivity index (χ2n) is 10.8. The molecular formula is C30H33N3O4. The molecule has 7 nitrogen and oxygen atoms in total. The van der Waals surface area contributed by atoms with E-state index >= 15 is 0 Å². The number of benzene rings is 1. The molecule has 2 fully saturated rings. The summed E-state index contributed by atoms with van der Waals surface area (Å²) in [5.41, 5.74) is 7.01. The molecule has 0 radical (unpaired) electrons. The highest BCUT2D eigenvalue weighted by molar-refractivity contribution is 5.71. The highest BCUT2D eigenvalue weighted by atomic mass is 16.5. The first kappa shape index (κ1) is 23.9. The molecule has 2 aromatic heterocycles. The third kappa shape index (κ3) is 4.67. The molecule has 0 spiro atoms. The number of pyridine rings is 1. The molecule has 6 rings (SSSR count). The van der Waals surface area contributed by atoms with Gasteiger partial charge in [-0.05, 0) is 86.0 Å². The van der Waals surface area contributed by atoms with Gasteiger partial charge in [-0.25, -0.2) is 9.97 Å².